The van der Waals surface area contributed by atoms with Gasteiger partial charge >= 0.3 is 5.97 Å². The number of methoxy groups -OCH3 is 1. The van der Waals surface area contributed by atoms with Crippen molar-refractivity contribution in [3.63, 3.8) is 0 Å². The first kappa shape index (κ1) is 20.8. The minimum atomic E-state index is -0.574. The number of esters is 1. The van der Waals surface area contributed by atoms with E-state index in [1.807, 2.05) is 6.92 Å². The molecule has 3 atom stereocenters. The van der Waals surface area contributed by atoms with Crippen LogP contribution in [0.2, 0.25) is 0 Å². The number of hydrogen-bond acceptors (Lipinski definition) is 5. The van der Waals surface area contributed by atoms with E-state index in [0.29, 0.717) is 18.2 Å². The van der Waals surface area contributed by atoms with Gasteiger partial charge in [-0.15, -0.1) is 11.6 Å². The summed E-state index contributed by atoms with van der Waals surface area (Å²) in [5, 5.41) is 5.53. The number of ether oxygens (including phenoxy) is 1. The van der Waals surface area contributed by atoms with Crippen LogP contribution in [0, 0.1) is 18.8 Å². The predicted octanol–water partition coefficient (Wildman–Crippen LogP) is 3.03. The van der Waals surface area contributed by atoms with Crippen LogP contribution >= 0.6 is 11.6 Å². The summed E-state index contributed by atoms with van der Waals surface area (Å²) in [6.07, 6.45) is 0. The largest absolute Gasteiger partial charge is 0.465 e. The van der Waals surface area contributed by atoms with Crippen LogP contribution in [0.4, 0.5) is 5.69 Å². The molecule has 29 heavy (non-hydrogen) atoms. The summed E-state index contributed by atoms with van der Waals surface area (Å²) < 4.78 is 4.74. The monoisotopic (exact) mass is 415 g/mol. The van der Waals surface area contributed by atoms with Crippen LogP contribution in [-0.4, -0.2) is 41.8 Å². The van der Waals surface area contributed by atoms with Gasteiger partial charge in [-0.1, -0.05) is 19.1 Å². The highest BCUT2D eigenvalue weighted by Crippen LogP contribution is 2.42. The molecule has 3 rings (SSSR count). The fraction of sp³-hybridized carbons (Fsp3) is 0.333. The average Bonchev–Trinajstić information content (AvgIpc) is 3.30. The molecule has 8 heteroatoms. The van der Waals surface area contributed by atoms with Crippen molar-refractivity contribution in [3.05, 3.63) is 58.9 Å². The maximum atomic E-state index is 12.9. The fourth-order valence-electron chi connectivity index (χ4n) is 3.07. The SMILES string of the molecule is COC(=O)c1ccccc1NC(=O)c1ccc(C)nc1C(=O)NCC1C(C)C1Cl. The number of rotatable bonds is 6. The Hall–Kier alpha value is -2.93. The number of nitrogens with one attached hydrogen (secondary N) is 2. The van der Waals surface area contributed by atoms with Crippen LogP contribution in [0.15, 0.2) is 36.4 Å². The standard InChI is InChI=1S/C21H22ClN3O4/c1-11-8-9-14(18(24-11)20(27)23-10-15-12(2)17(15)22)19(26)25-16-7-5-4-6-13(16)21(28)29-3/h4-9,12,15,17H,10H2,1-3H3,(H,23,27)(H,25,26). The van der Waals surface area contributed by atoms with Gasteiger partial charge in [0.1, 0.15) is 5.69 Å². The van der Waals surface area contributed by atoms with Gasteiger partial charge in [-0.25, -0.2) is 9.78 Å². The Balaban J connectivity index is 1.81. The fourth-order valence-corrected chi connectivity index (χ4v) is 3.49. The number of aryl methyl sites for hydroxylation is 1. The zero-order valence-electron chi connectivity index (χ0n) is 16.4. The molecular formula is C21H22ClN3O4. The van der Waals surface area contributed by atoms with Gasteiger partial charge in [0.2, 0.25) is 0 Å². The first-order valence-electron chi connectivity index (χ1n) is 9.22. The molecule has 1 fully saturated rings. The molecule has 7 nitrogen and oxygen atoms in total. The Morgan fingerprint density at radius 2 is 1.79 bits per heavy atom. The molecule has 0 saturated heterocycles. The third kappa shape index (κ3) is 4.56. The highest BCUT2D eigenvalue weighted by atomic mass is 35.5. The number of nitrogens with zero attached hydrogens (tertiary/aromatic N) is 1. The molecule has 0 spiro atoms. The lowest BCUT2D eigenvalue weighted by molar-refractivity contribution is 0.0601. The van der Waals surface area contributed by atoms with Crippen molar-refractivity contribution in [2.45, 2.75) is 19.2 Å². The third-order valence-electron chi connectivity index (χ3n) is 5.02. The van der Waals surface area contributed by atoms with Crippen LogP contribution in [0.5, 0.6) is 0 Å². The topological polar surface area (TPSA) is 97.4 Å². The molecule has 1 aliphatic carbocycles. The zero-order chi connectivity index (χ0) is 21.1. The molecule has 2 aromatic rings. The summed E-state index contributed by atoms with van der Waals surface area (Å²) in [5.74, 6) is -0.998. The van der Waals surface area contributed by atoms with Gasteiger partial charge in [0, 0.05) is 17.6 Å². The van der Waals surface area contributed by atoms with Crippen LogP contribution < -0.4 is 10.6 Å². The first-order chi connectivity index (χ1) is 13.8. The molecule has 0 bridgehead atoms. The van der Waals surface area contributed by atoms with E-state index in [1.54, 1.807) is 37.3 Å². The zero-order valence-corrected chi connectivity index (χ0v) is 17.1. The summed E-state index contributed by atoms with van der Waals surface area (Å²) >= 11 is 6.11. The van der Waals surface area contributed by atoms with Crippen molar-refractivity contribution >= 4 is 35.1 Å². The summed E-state index contributed by atoms with van der Waals surface area (Å²) in [7, 11) is 1.26. The molecule has 2 amide bonds. The quantitative estimate of drug-likeness (QED) is 0.558. The van der Waals surface area contributed by atoms with E-state index in [0.717, 1.165) is 0 Å². The van der Waals surface area contributed by atoms with Gasteiger partial charge in [-0.05, 0) is 43.0 Å². The number of carbonyl (C=O) groups excluding carboxylic acids is 3. The minimum absolute atomic E-state index is 0.0254. The second-order valence-corrected chi connectivity index (χ2v) is 7.52. The van der Waals surface area contributed by atoms with Crippen LogP contribution in [0.25, 0.3) is 0 Å². The lowest BCUT2D eigenvalue weighted by atomic mass is 10.1. The van der Waals surface area contributed by atoms with E-state index in [4.69, 9.17) is 16.3 Å². The van der Waals surface area contributed by atoms with Gasteiger partial charge in [0.05, 0.1) is 23.9 Å². The number of halogens is 1. The number of para-hydroxylation sites is 1. The van der Waals surface area contributed by atoms with Crippen molar-refractivity contribution < 1.29 is 19.1 Å². The smallest absolute Gasteiger partial charge is 0.339 e. The second kappa shape index (κ2) is 8.61. The maximum absolute atomic E-state index is 12.9. The Morgan fingerprint density at radius 3 is 2.45 bits per heavy atom. The van der Waals surface area contributed by atoms with E-state index >= 15 is 0 Å². The van der Waals surface area contributed by atoms with Crippen LogP contribution in [0.3, 0.4) is 0 Å². The predicted molar refractivity (Wildman–Crippen MR) is 109 cm³/mol. The molecule has 1 heterocycles. The number of hydrogen-bond donors (Lipinski definition) is 2. The number of amides is 2. The maximum Gasteiger partial charge on any atom is 0.339 e. The van der Waals surface area contributed by atoms with E-state index in [1.165, 1.54) is 13.2 Å². The van der Waals surface area contributed by atoms with Gasteiger partial charge in [0.25, 0.3) is 11.8 Å². The molecule has 1 aromatic heterocycles. The molecule has 1 aromatic carbocycles. The Morgan fingerprint density at radius 1 is 1.10 bits per heavy atom. The van der Waals surface area contributed by atoms with Crippen molar-refractivity contribution in [3.8, 4) is 0 Å². The minimum Gasteiger partial charge on any atom is -0.465 e. The molecule has 0 radical (unpaired) electrons. The van der Waals surface area contributed by atoms with Crippen LogP contribution in [0.1, 0.15) is 43.8 Å². The van der Waals surface area contributed by atoms with E-state index < -0.39 is 17.8 Å². The molecule has 2 N–H and O–H groups in total. The van der Waals surface area contributed by atoms with E-state index in [2.05, 4.69) is 15.6 Å². The van der Waals surface area contributed by atoms with Crippen LogP contribution in [-0.2, 0) is 4.74 Å². The highest BCUT2D eigenvalue weighted by Gasteiger charge is 2.45. The summed E-state index contributed by atoms with van der Waals surface area (Å²) in [6.45, 7) is 4.19. The molecule has 3 unspecified atom stereocenters. The summed E-state index contributed by atoms with van der Waals surface area (Å²) in [6, 6.07) is 9.66. The van der Waals surface area contributed by atoms with Gasteiger partial charge < -0.3 is 15.4 Å². The molecular weight excluding hydrogens is 394 g/mol. The number of anilines is 1. The van der Waals surface area contributed by atoms with E-state index in [-0.39, 0.29) is 33.8 Å². The van der Waals surface area contributed by atoms with Crippen molar-refractivity contribution in [2.75, 3.05) is 19.0 Å². The molecule has 0 aliphatic heterocycles. The molecule has 1 saturated carbocycles. The first-order valence-corrected chi connectivity index (χ1v) is 9.65. The second-order valence-electron chi connectivity index (χ2n) is 7.02. The van der Waals surface area contributed by atoms with Crippen molar-refractivity contribution in [1.82, 2.24) is 10.3 Å². The lowest BCUT2D eigenvalue weighted by Crippen LogP contribution is -2.30. The Labute approximate surface area is 173 Å². The lowest BCUT2D eigenvalue weighted by Gasteiger charge is -2.12. The normalized spacial score (nSPS) is 19.9. The third-order valence-corrected chi connectivity index (χ3v) is 5.74. The summed E-state index contributed by atoms with van der Waals surface area (Å²) in [4.78, 5) is 41.7. The van der Waals surface area contributed by atoms with Crippen molar-refractivity contribution in [2.24, 2.45) is 11.8 Å². The Kier molecular flexibility index (Phi) is 6.17. The summed E-state index contributed by atoms with van der Waals surface area (Å²) in [5.41, 5.74) is 1.24. The number of aromatic nitrogens is 1. The van der Waals surface area contributed by atoms with Gasteiger partial charge in [0.15, 0.2) is 0 Å². The number of benzene rings is 1. The van der Waals surface area contributed by atoms with Gasteiger partial charge in [-0.3, -0.25) is 9.59 Å². The van der Waals surface area contributed by atoms with E-state index in [9.17, 15) is 14.4 Å². The average molecular weight is 416 g/mol. The van der Waals surface area contributed by atoms with Crippen molar-refractivity contribution in [1.29, 1.82) is 0 Å². The Bertz CT molecular complexity index is 955. The number of pyridine rings is 1. The van der Waals surface area contributed by atoms with Gasteiger partial charge in [-0.2, -0.15) is 0 Å². The molecule has 152 valence electrons. The number of alkyl halides is 1. The number of carbonyl (C=O) groups is 3. The highest BCUT2D eigenvalue weighted by molar-refractivity contribution is 6.23. The molecule has 1 aliphatic rings.